The first-order valence-corrected chi connectivity index (χ1v) is 5.48. The summed E-state index contributed by atoms with van der Waals surface area (Å²) in [7, 11) is 1.55. The Morgan fingerprint density at radius 2 is 2.06 bits per heavy atom. The van der Waals surface area contributed by atoms with E-state index in [-0.39, 0.29) is 6.61 Å². The summed E-state index contributed by atoms with van der Waals surface area (Å²) < 4.78 is 10.8. The van der Waals surface area contributed by atoms with Crippen molar-refractivity contribution in [2.24, 2.45) is 0 Å². The molecule has 2 rings (SSSR count). The summed E-state index contributed by atoms with van der Waals surface area (Å²) in [6.07, 6.45) is 1.65. The molecule has 1 heterocycles. The molecule has 0 radical (unpaired) electrons. The molecule has 5 heteroatoms. The van der Waals surface area contributed by atoms with Gasteiger partial charge in [0.1, 0.15) is 0 Å². The van der Waals surface area contributed by atoms with Crippen LogP contribution >= 0.6 is 0 Å². The Morgan fingerprint density at radius 3 is 2.72 bits per heavy atom. The van der Waals surface area contributed by atoms with E-state index in [1.807, 2.05) is 6.92 Å². The highest BCUT2D eigenvalue weighted by Crippen LogP contribution is 2.31. The van der Waals surface area contributed by atoms with Crippen molar-refractivity contribution in [2.75, 3.05) is 7.11 Å². The average Bonchev–Trinajstić information content (AvgIpc) is 2.39. The molecule has 1 aromatic carbocycles. The maximum Gasteiger partial charge on any atom is 0.239 e. The standard InChI is InChI=1S/C13H14N2O3/c1-9-5-13(15-14-7-9)18-11-4-3-10(8-16)6-12(11)17-2/h3-7,16H,8H2,1-2H3. The van der Waals surface area contributed by atoms with Crippen LogP contribution in [-0.2, 0) is 6.61 Å². The molecule has 0 atom stereocenters. The lowest BCUT2D eigenvalue weighted by atomic mass is 10.2. The minimum Gasteiger partial charge on any atom is -0.493 e. The van der Waals surface area contributed by atoms with Crippen LogP contribution in [0.25, 0.3) is 0 Å². The Bertz CT molecular complexity index is 544. The highest BCUT2D eigenvalue weighted by atomic mass is 16.5. The zero-order valence-corrected chi connectivity index (χ0v) is 10.3. The Morgan fingerprint density at radius 1 is 1.22 bits per heavy atom. The van der Waals surface area contributed by atoms with Gasteiger partial charge in [-0.25, -0.2) is 0 Å². The van der Waals surface area contributed by atoms with Crippen molar-refractivity contribution in [3.05, 3.63) is 41.6 Å². The molecule has 94 valence electrons. The molecule has 0 aliphatic rings. The normalized spacial score (nSPS) is 10.2. The average molecular weight is 246 g/mol. The number of aromatic nitrogens is 2. The smallest absolute Gasteiger partial charge is 0.239 e. The number of aryl methyl sites for hydroxylation is 1. The van der Waals surface area contributed by atoms with Gasteiger partial charge in [0, 0.05) is 6.07 Å². The van der Waals surface area contributed by atoms with Crippen molar-refractivity contribution in [1.82, 2.24) is 10.2 Å². The Labute approximate surface area is 105 Å². The molecule has 1 aromatic heterocycles. The summed E-state index contributed by atoms with van der Waals surface area (Å²) in [4.78, 5) is 0. The van der Waals surface area contributed by atoms with Crippen LogP contribution in [0.4, 0.5) is 0 Å². The largest absolute Gasteiger partial charge is 0.493 e. The second kappa shape index (κ2) is 5.46. The van der Waals surface area contributed by atoms with Crippen LogP contribution in [-0.4, -0.2) is 22.4 Å². The molecule has 0 saturated heterocycles. The van der Waals surface area contributed by atoms with E-state index in [1.54, 1.807) is 37.6 Å². The molecule has 0 bridgehead atoms. The van der Waals surface area contributed by atoms with E-state index in [2.05, 4.69) is 10.2 Å². The predicted octanol–water partition coefficient (Wildman–Crippen LogP) is 2.08. The topological polar surface area (TPSA) is 64.5 Å². The summed E-state index contributed by atoms with van der Waals surface area (Å²) in [6.45, 7) is 1.87. The van der Waals surface area contributed by atoms with Crippen LogP contribution in [0.3, 0.4) is 0 Å². The van der Waals surface area contributed by atoms with Crippen molar-refractivity contribution < 1.29 is 14.6 Å². The number of rotatable bonds is 4. The number of hydrogen-bond donors (Lipinski definition) is 1. The van der Waals surface area contributed by atoms with Crippen molar-refractivity contribution in [2.45, 2.75) is 13.5 Å². The summed E-state index contributed by atoms with van der Waals surface area (Å²) in [6, 6.07) is 7.00. The quantitative estimate of drug-likeness (QED) is 0.894. The molecule has 0 fully saturated rings. The molecule has 2 aromatic rings. The number of ether oxygens (including phenoxy) is 2. The number of aliphatic hydroxyl groups is 1. The van der Waals surface area contributed by atoms with Gasteiger partial charge in [0.25, 0.3) is 0 Å². The van der Waals surface area contributed by atoms with Crippen LogP contribution in [0.2, 0.25) is 0 Å². The monoisotopic (exact) mass is 246 g/mol. The molecule has 0 saturated carbocycles. The molecular formula is C13H14N2O3. The summed E-state index contributed by atoms with van der Waals surface area (Å²) in [5.74, 6) is 1.49. The van der Waals surface area contributed by atoms with Crippen molar-refractivity contribution >= 4 is 0 Å². The first-order valence-electron chi connectivity index (χ1n) is 5.48. The first kappa shape index (κ1) is 12.3. The van der Waals surface area contributed by atoms with Gasteiger partial charge in [0.15, 0.2) is 11.5 Å². The molecule has 0 spiro atoms. The number of hydrogen-bond acceptors (Lipinski definition) is 5. The van der Waals surface area contributed by atoms with Crippen molar-refractivity contribution in [3.8, 4) is 17.4 Å². The van der Waals surface area contributed by atoms with Gasteiger partial charge < -0.3 is 14.6 Å². The molecule has 0 amide bonds. The molecule has 5 nitrogen and oxygen atoms in total. The fraction of sp³-hybridized carbons (Fsp3) is 0.231. The van der Waals surface area contributed by atoms with Crippen LogP contribution in [0.1, 0.15) is 11.1 Å². The zero-order valence-electron chi connectivity index (χ0n) is 10.3. The Hall–Kier alpha value is -2.14. The van der Waals surface area contributed by atoms with E-state index in [1.165, 1.54) is 0 Å². The fourth-order valence-corrected chi connectivity index (χ4v) is 1.49. The van der Waals surface area contributed by atoms with Gasteiger partial charge in [-0.1, -0.05) is 6.07 Å². The maximum atomic E-state index is 9.06. The van der Waals surface area contributed by atoms with E-state index in [4.69, 9.17) is 14.6 Å². The lowest BCUT2D eigenvalue weighted by Gasteiger charge is -2.10. The second-order valence-electron chi connectivity index (χ2n) is 3.82. The van der Waals surface area contributed by atoms with Gasteiger partial charge in [0.05, 0.1) is 19.9 Å². The van der Waals surface area contributed by atoms with Crippen molar-refractivity contribution in [3.63, 3.8) is 0 Å². The van der Waals surface area contributed by atoms with E-state index in [9.17, 15) is 0 Å². The predicted molar refractivity (Wildman–Crippen MR) is 65.8 cm³/mol. The number of nitrogens with zero attached hydrogens (tertiary/aromatic N) is 2. The fourth-order valence-electron chi connectivity index (χ4n) is 1.49. The number of methoxy groups -OCH3 is 1. The van der Waals surface area contributed by atoms with Crippen LogP contribution in [0.15, 0.2) is 30.5 Å². The molecule has 0 unspecified atom stereocenters. The van der Waals surface area contributed by atoms with Gasteiger partial charge in [-0.3, -0.25) is 0 Å². The molecule has 0 aliphatic heterocycles. The minimum atomic E-state index is -0.0408. The van der Waals surface area contributed by atoms with Crippen molar-refractivity contribution in [1.29, 1.82) is 0 Å². The van der Waals surface area contributed by atoms with Crippen LogP contribution in [0, 0.1) is 6.92 Å². The van der Waals surface area contributed by atoms with Gasteiger partial charge in [-0.05, 0) is 30.2 Å². The SMILES string of the molecule is COc1cc(CO)ccc1Oc1cc(C)cnn1. The van der Waals surface area contributed by atoms with Gasteiger partial charge in [-0.2, -0.15) is 5.10 Å². The van der Waals surface area contributed by atoms with Gasteiger partial charge >= 0.3 is 0 Å². The third-order valence-corrected chi connectivity index (χ3v) is 2.39. The van der Waals surface area contributed by atoms with E-state index >= 15 is 0 Å². The van der Waals surface area contributed by atoms with Gasteiger partial charge in [-0.15, -0.1) is 5.10 Å². The van der Waals surface area contributed by atoms with E-state index in [0.29, 0.717) is 17.4 Å². The molecule has 18 heavy (non-hydrogen) atoms. The highest BCUT2D eigenvalue weighted by Gasteiger charge is 2.07. The maximum absolute atomic E-state index is 9.06. The third kappa shape index (κ3) is 2.75. The first-order chi connectivity index (χ1) is 8.72. The summed E-state index contributed by atoms with van der Waals surface area (Å²) in [5.41, 5.74) is 1.72. The molecule has 1 N–H and O–H groups in total. The molecule has 0 aliphatic carbocycles. The lowest BCUT2D eigenvalue weighted by molar-refractivity contribution is 0.280. The van der Waals surface area contributed by atoms with E-state index in [0.717, 1.165) is 11.1 Å². The lowest BCUT2D eigenvalue weighted by Crippen LogP contribution is -1.95. The Balaban J connectivity index is 2.28. The van der Waals surface area contributed by atoms with Crippen LogP contribution in [0.5, 0.6) is 17.4 Å². The molecular weight excluding hydrogens is 232 g/mol. The van der Waals surface area contributed by atoms with Gasteiger partial charge in [0.2, 0.25) is 5.88 Å². The summed E-state index contributed by atoms with van der Waals surface area (Å²) >= 11 is 0. The van der Waals surface area contributed by atoms with Crippen LogP contribution < -0.4 is 9.47 Å². The Kier molecular flexibility index (Phi) is 3.74. The second-order valence-corrected chi connectivity index (χ2v) is 3.82. The minimum absolute atomic E-state index is 0.0408. The third-order valence-electron chi connectivity index (χ3n) is 2.39. The number of aliphatic hydroxyl groups excluding tert-OH is 1. The highest BCUT2D eigenvalue weighted by molar-refractivity contribution is 5.44. The summed E-state index contributed by atoms with van der Waals surface area (Å²) in [5, 5.41) is 16.7. The van der Waals surface area contributed by atoms with E-state index < -0.39 is 0 Å². The number of benzene rings is 1. The zero-order chi connectivity index (χ0) is 13.0.